The molecule has 0 aromatic carbocycles. The molecule has 0 amide bonds. The highest BCUT2D eigenvalue weighted by atomic mass is 127. The molecule has 5 nitrogen and oxygen atoms in total. The molecule has 0 aliphatic carbocycles. The molecule has 1 unspecified atom stereocenters. The molecule has 0 bridgehead atoms. The maximum Gasteiger partial charge on any atom is 0.191 e. The summed E-state index contributed by atoms with van der Waals surface area (Å²) in [6, 6.07) is 3.89. The molecule has 2 N–H and O–H groups in total. The number of guanidine groups is 1. The summed E-state index contributed by atoms with van der Waals surface area (Å²) in [5.41, 5.74) is 1.04. The second-order valence-corrected chi connectivity index (χ2v) is 4.30. The first kappa shape index (κ1) is 18.4. The van der Waals surface area contributed by atoms with Gasteiger partial charge in [-0.1, -0.05) is 17.7 Å². The van der Waals surface area contributed by atoms with Gasteiger partial charge in [-0.25, -0.2) is 4.98 Å². The molecule has 1 rings (SSSR count). The number of rotatable bonds is 5. The van der Waals surface area contributed by atoms with E-state index in [1.165, 1.54) is 0 Å². The molecule has 0 radical (unpaired) electrons. The number of pyridine rings is 1. The predicted octanol–water partition coefficient (Wildman–Crippen LogP) is 2.05. The van der Waals surface area contributed by atoms with Crippen molar-refractivity contribution in [1.82, 2.24) is 15.6 Å². The van der Waals surface area contributed by atoms with Crippen LogP contribution < -0.4 is 10.6 Å². The second-order valence-electron chi connectivity index (χ2n) is 3.92. The van der Waals surface area contributed by atoms with E-state index >= 15 is 0 Å². The molecular weight excluding hydrogens is 379 g/mol. The number of aliphatic imine (C=N–C) groups is 1. The maximum absolute atomic E-state index is 5.72. The minimum absolute atomic E-state index is 0. The zero-order chi connectivity index (χ0) is 13.4. The van der Waals surface area contributed by atoms with E-state index in [1.54, 1.807) is 26.4 Å². The molecule has 0 aliphatic heterocycles. The van der Waals surface area contributed by atoms with Gasteiger partial charge >= 0.3 is 0 Å². The Hall–Kier alpha value is -0.600. The zero-order valence-corrected chi connectivity index (χ0v) is 14.4. The minimum atomic E-state index is 0. The average molecular weight is 399 g/mol. The van der Waals surface area contributed by atoms with Crippen LogP contribution >= 0.6 is 35.6 Å². The van der Waals surface area contributed by atoms with E-state index in [0.717, 1.165) is 11.5 Å². The van der Waals surface area contributed by atoms with Gasteiger partial charge in [0.1, 0.15) is 5.15 Å². The lowest BCUT2D eigenvalue weighted by molar-refractivity contribution is 0.179. The fourth-order valence-electron chi connectivity index (χ4n) is 1.42. The van der Waals surface area contributed by atoms with Crippen LogP contribution in [0.15, 0.2) is 23.3 Å². The van der Waals surface area contributed by atoms with Crippen molar-refractivity contribution in [3.8, 4) is 0 Å². The van der Waals surface area contributed by atoms with Gasteiger partial charge in [0.2, 0.25) is 0 Å². The average Bonchev–Trinajstić information content (AvgIpc) is 2.36. The van der Waals surface area contributed by atoms with E-state index in [4.69, 9.17) is 16.3 Å². The van der Waals surface area contributed by atoms with E-state index in [-0.39, 0.29) is 30.0 Å². The number of hydrogen-bond acceptors (Lipinski definition) is 3. The predicted molar refractivity (Wildman–Crippen MR) is 89.3 cm³/mol. The highest BCUT2D eigenvalue weighted by Gasteiger charge is 2.04. The molecule has 1 aromatic rings. The number of nitrogens with one attached hydrogen (secondary N) is 2. The number of aromatic nitrogens is 1. The quantitative estimate of drug-likeness (QED) is 0.345. The van der Waals surface area contributed by atoms with Crippen LogP contribution in [0.4, 0.5) is 0 Å². The van der Waals surface area contributed by atoms with Crippen molar-refractivity contribution < 1.29 is 4.74 Å². The van der Waals surface area contributed by atoms with Gasteiger partial charge < -0.3 is 15.4 Å². The lowest BCUT2D eigenvalue weighted by atomic mass is 10.3. The molecule has 0 saturated heterocycles. The Morgan fingerprint density at radius 2 is 2.26 bits per heavy atom. The van der Waals surface area contributed by atoms with Gasteiger partial charge in [-0.05, 0) is 18.6 Å². The fraction of sp³-hybridized carbons (Fsp3) is 0.500. The third kappa shape index (κ3) is 7.54. The second kappa shape index (κ2) is 10.2. The molecule has 0 spiro atoms. The first-order chi connectivity index (χ1) is 8.65. The van der Waals surface area contributed by atoms with Crippen LogP contribution in [-0.4, -0.2) is 37.7 Å². The Morgan fingerprint density at radius 1 is 1.53 bits per heavy atom. The summed E-state index contributed by atoms with van der Waals surface area (Å²) in [7, 11) is 3.41. The molecule has 0 saturated carbocycles. The first-order valence-electron chi connectivity index (χ1n) is 5.72. The largest absolute Gasteiger partial charge is 0.383 e. The fourth-order valence-corrected chi connectivity index (χ4v) is 1.53. The Morgan fingerprint density at radius 3 is 2.79 bits per heavy atom. The summed E-state index contributed by atoms with van der Waals surface area (Å²) in [4.78, 5) is 8.15. The molecule has 19 heavy (non-hydrogen) atoms. The minimum Gasteiger partial charge on any atom is -0.383 e. The van der Waals surface area contributed by atoms with Crippen LogP contribution in [-0.2, 0) is 11.3 Å². The molecule has 1 aromatic heterocycles. The zero-order valence-electron chi connectivity index (χ0n) is 11.3. The summed E-state index contributed by atoms with van der Waals surface area (Å²) in [5, 5.41) is 6.91. The van der Waals surface area contributed by atoms with Crippen molar-refractivity contribution in [1.29, 1.82) is 0 Å². The first-order valence-corrected chi connectivity index (χ1v) is 6.10. The van der Waals surface area contributed by atoms with Crippen molar-refractivity contribution in [2.75, 3.05) is 20.8 Å². The summed E-state index contributed by atoms with van der Waals surface area (Å²) in [5.74, 6) is 0.731. The van der Waals surface area contributed by atoms with Gasteiger partial charge in [0, 0.05) is 32.9 Å². The molecule has 1 heterocycles. The molecule has 7 heteroatoms. The van der Waals surface area contributed by atoms with Crippen molar-refractivity contribution in [2.45, 2.75) is 19.5 Å². The molecular formula is C12H20ClIN4O. The third-order valence-electron chi connectivity index (χ3n) is 2.27. The summed E-state index contributed by atoms with van der Waals surface area (Å²) in [6.45, 7) is 3.30. The summed E-state index contributed by atoms with van der Waals surface area (Å²) >= 11 is 5.72. The highest BCUT2D eigenvalue weighted by Crippen LogP contribution is 2.04. The van der Waals surface area contributed by atoms with Crippen LogP contribution in [0.5, 0.6) is 0 Å². The van der Waals surface area contributed by atoms with Crippen molar-refractivity contribution in [2.24, 2.45) is 4.99 Å². The Bertz CT molecular complexity index is 386. The summed E-state index contributed by atoms with van der Waals surface area (Å²) < 4.78 is 5.06. The van der Waals surface area contributed by atoms with Crippen LogP contribution in [0.25, 0.3) is 0 Å². The highest BCUT2D eigenvalue weighted by molar-refractivity contribution is 14.0. The van der Waals surface area contributed by atoms with Gasteiger partial charge in [-0.2, -0.15) is 0 Å². The van der Waals surface area contributed by atoms with Gasteiger partial charge in [0.15, 0.2) is 5.96 Å². The Labute approximate surface area is 136 Å². The van der Waals surface area contributed by atoms with Crippen LogP contribution in [0, 0.1) is 0 Å². The molecule has 0 fully saturated rings. The van der Waals surface area contributed by atoms with E-state index in [9.17, 15) is 0 Å². The topological polar surface area (TPSA) is 58.5 Å². The molecule has 108 valence electrons. The lowest BCUT2D eigenvalue weighted by Gasteiger charge is -2.17. The number of nitrogens with zero attached hydrogens (tertiary/aromatic N) is 2. The smallest absolute Gasteiger partial charge is 0.191 e. The normalized spacial score (nSPS) is 12.5. The number of methoxy groups -OCH3 is 1. The maximum atomic E-state index is 5.72. The van der Waals surface area contributed by atoms with Gasteiger partial charge in [-0.15, -0.1) is 24.0 Å². The SMILES string of the molecule is CN=C(NCc1ccc(Cl)nc1)NC(C)COC.I. The number of hydrogen-bond donors (Lipinski definition) is 2. The Balaban J connectivity index is 0.00000324. The van der Waals surface area contributed by atoms with Gasteiger partial charge in [0.25, 0.3) is 0 Å². The Kier molecular flexibility index (Phi) is 9.90. The van der Waals surface area contributed by atoms with Gasteiger partial charge in [-0.3, -0.25) is 4.99 Å². The molecule has 0 aliphatic rings. The van der Waals surface area contributed by atoms with Crippen LogP contribution in [0.1, 0.15) is 12.5 Å². The monoisotopic (exact) mass is 398 g/mol. The summed E-state index contributed by atoms with van der Waals surface area (Å²) in [6.07, 6.45) is 1.74. The van der Waals surface area contributed by atoms with Crippen molar-refractivity contribution >= 4 is 41.5 Å². The van der Waals surface area contributed by atoms with Crippen molar-refractivity contribution in [3.63, 3.8) is 0 Å². The number of halogens is 2. The van der Waals surface area contributed by atoms with Crippen LogP contribution in [0.3, 0.4) is 0 Å². The van der Waals surface area contributed by atoms with E-state index in [2.05, 4.69) is 20.6 Å². The third-order valence-corrected chi connectivity index (χ3v) is 2.50. The standard InChI is InChI=1S/C12H19ClN4O.HI/c1-9(8-18-3)17-12(14-2)16-7-10-4-5-11(13)15-6-10;/h4-6,9H,7-8H2,1-3H3,(H2,14,16,17);1H. The van der Waals surface area contributed by atoms with Crippen LogP contribution in [0.2, 0.25) is 5.15 Å². The molecule has 1 atom stereocenters. The number of ether oxygens (including phenoxy) is 1. The van der Waals surface area contributed by atoms with Crippen molar-refractivity contribution in [3.05, 3.63) is 29.0 Å². The van der Waals surface area contributed by atoms with E-state index in [1.807, 2.05) is 13.0 Å². The lowest BCUT2D eigenvalue weighted by Crippen LogP contribution is -2.43. The van der Waals surface area contributed by atoms with Gasteiger partial charge in [0.05, 0.1) is 6.61 Å². The van der Waals surface area contributed by atoms with E-state index in [0.29, 0.717) is 18.3 Å². The van der Waals surface area contributed by atoms with E-state index < -0.39 is 0 Å².